The molecule has 0 unspecified atom stereocenters. The molecule has 4 heteroatoms. The van der Waals surface area contributed by atoms with Gasteiger partial charge in [-0.25, -0.2) is 0 Å². The van der Waals surface area contributed by atoms with Gasteiger partial charge in [0.25, 0.3) is 11.8 Å². The van der Waals surface area contributed by atoms with E-state index in [-0.39, 0.29) is 18.0 Å². The zero-order valence-electron chi connectivity index (χ0n) is 8.19. The van der Waals surface area contributed by atoms with Gasteiger partial charge in [0.15, 0.2) is 0 Å². The van der Waals surface area contributed by atoms with Crippen molar-refractivity contribution in [3.63, 3.8) is 0 Å². The summed E-state index contributed by atoms with van der Waals surface area (Å²) in [6, 6.07) is 9.58. The Morgan fingerprint density at radius 1 is 1.07 bits per heavy atom. The van der Waals surface area contributed by atoms with Crippen LogP contribution in [0.1, 0.15) is 5.56 Å². The number of carbonyl (C=O) groups excluding carboxylic acids is 2. The van der Waals surface area contributed by atoms with Gasteiger partial charge >= 0.3 is 0 Å². The molecular formula is C11H12N2O2. The highest BCUT2D eigenvalue weighted by Gasteiger charge is 2.20. The number of rotatable bonds is 2. The minimum atomic E-state index is -0.319. The number of benzene rings is 1. The average Bonchev–Trinajstić information content (AvgIpc) is 2.47. The Labute approximate surface area is 87.6 Å². The minimum absolute atomic E-state index is 0. The second-order valence-electron chi connectivity index (χ2n) is 3.15. The van der Waals surface area contributed by atoms with Crippen LogP contribution in [0.25, 0.3) is 0 Å². The molecule has 1 heterocycles. The Balaban J connectivity index is 0.00000112. The van der Waals surface area contributed by atoms with Crippen LogP contribution >= 0.6 is 0 Å². The lowest BCUT2D eigenvalue weighted by Crippen LogP contribution is -2.22. The Kier molecular flexibility index (Phi) is 3.36. The molecule has 0 fully saturated rings. The molecule has 1 aliphatic rings. The van der Waals surface area contributed by atoms with Gasteiger partial charge in [0, 0.05) is 18.1 Å². The van der Waals surface area contributed by atoms with Crippen LogP contribution in [0, 0.1) is 0 Å². The number of amides is 2. The fourth-order valence-corrected chi connectivity index (χ4v) is 1.40. The van der Waals surface area contributed by atoms with E-state index in [2.05, 4.69) is 5.32 Å². The maximum Gasteiger partial charge on any atom is 0.254 e. The molecule has 15 heavy (non-hydrogen) atoms. The van der Waals surface area contributed by atoms with Crippen LogP contribution < -0.4 is 11.5 Å². The molecule has 0 aliphatic carbocycles. The molecule has 78 valence electrons. The van der Waals surface area contributed by atoms with Crippen molar-refractivity contribution >= 4 is 11.8 Å². The van der Waals surface area contributed by atoms with E-state index in [1.165, 1.54) is 6.08 Å². The lowest BCUT2D eigenvalue weighted by molar-refractivity contribution is -0.123. The maximum atomic E-state index is 11.2. The lowest BCUT2D eigenvalue weighted by Gasteiger charge is -1.99. The summed E-state index contributed by atoms with van der Waals surface area (Å²) >= 11 is 0. The van der Waals surface area contributed by atoms with Crippen molar-refractivity contribution in [2.45, 2.75) is 6.42 Å². The largest absolute Gasteiger partial charge is 0.344 e. The predicted molar refractivity (Wildman–Crippen MR) is 56.4 cm³/mol. The standard InChI is InChI=1S/C11H9NO2.H3N/c13-10-7-9(11(14)12-10)6-8-4-2-1-3-5-8;/h1-5,7H,6H2,(H,12,13,14);1H3. The number of hydrogen-bond acceptors (Lipinski definition) is 3. The summed E-state index contributed by atoms with van der Waals surface area (Å²) in [7, 11) is 0. The highest BCUT2D eigenvalue weighted by molar-refractivity contribution is 6.16. The summed E-state index contributed by atoms with van der Waals surface area (Å²) < 4.78 is 0. The van der Waals surface area contributed by atoms with Gasteiger partial charge in [0.1, 0.15) is 0 Å². The Morgan fingerprint density at radius 3 is 2.27 bits per heavy atom. The molecule has 1 aliphatic heterocycles. The van der Waals surface area contributed by atoms with Gasteiger partial charge in [-0.05, 0) is 5.56 Å². The Hall–Kier alpha value is -1.94. The van der Waals surface area contributed by atoms with Gasteiger partial charge < -0.3 is 6.15 Å². The summed E-state index contributed by atoms with van der Waals surface area (Å²) in [5.41, 5.74) is 1.56. The van der Waals surface area contributed by atoms with Crippen molar-refractivity contribution in [3.05, 3.63) is 47.5 Å². The number of nitrogens with one attached hydrogen (secondary N) is 1. The van der Waals surface area contributed by atoms with E-state index in [1.807, 2.05) is 30.3 Å². The molecule has 2 rings (SSSR count). The first-order valence-corrected chi connectivity index (χ1v) is 4.35. The van der Waals surface area contributed by atoms with E-state index >= 15 is 0 Å². The monoisotopic (exact) mass is 204 g/mol. The summed E-state index contributed by atoms with van der Waals surface area (Å²) in [5, 5.41) is 2.22. The first-order valence-electron chi connectivity index (χ1n) is 4.35. The molecule has 0 radical (unpaired) electrons. The fourth-order valence-electron chi connectivity index (χ4n) is 1.40. The number of carbonyl (C=O) groups is 2. The van der Waals surface area contributed by atoms with Gasteiger partial charge in [-0.2, -0.15) is 0 Å². The molecule has 4 N–H and O–H groups in total. The second-order valence-corrected chi connectivity index (χ2v) is 3.15. The smallest absolute Gasteiger partial charge is 0.254 e. The van der Waals surface area contributed by atoms with Gasteiger partial charge in [-0.15, -0.1) is 0 Å². The molecule has 1 aromatic carbocycles. The molecule has 4 nitrogen and oxygen atoms in total. The number of hydrogen-bond donors (Lipinski definition) is 2. The van der Waals surface area contributed by atoms with Crippen LogP contribution in [0.5, 0.6) is 0 Å². The Morgan fingerprint density at radius 2 is 1.73 bits per heavy atom. The van der Waals surface area contributed by atoms with Crippen molar-refractivity contribution in [2.75, 3.05) is 0 Å². The third-order valence-corrected chi connectivity index (χ3v) is 2.07. The summed E-state index contributed by atoms with van der Waals surface area (Å²) in [4.78, 5) is 22.0. The molecule has 0 saturated heterocycles. The Bertz CT molecular complexity index is 410. The quantitative estimate of drug-likeness (QED) is 0.704. The highest BCUT2D eigenvalue weighted by atomic mass is 16.2. The third kappa shape index (κ3) is 2.51. The van der Waals surface area contributed by atoms with Crippen LogP contribution in [0.3, 0.4) is 0 Å². The van der Waals surface area contributed by atoms with E-state index < -0.39 is 0 Å². The first-order chi connectivity index (χ1) is 6.75. The van der Waals surface area contributed by atoms with Crippen molar-refractivity contribution < 1.29 is 9.59 Å². The third-order valence-electron chi connectivity index (χ3n) is 2.07. The fraction of sp³-hybridized carbons (Fsp3) is 0.0909. The van der Waals surface area contributed by atoms with E-state index in [9.17, 15) is 9.59 Å². The minimum Gasteiger partial charge on any atom is -0.344 e. The molecule has 0 spiro atoms. The summed E-state index contributed by atoms with van der Waals surface area (Å²) in [5.74, 6) is -0.597. The van der Waals surface area contributed by atoms with Crippen LogP contribution in [0.4, 0.5) is 0 Å². The SMILES string of the molecule is N.O=C1C=C(Cc2ccccc2)C(=O)N1. The summed E-state index contributed by atoms with van der Waals surface area (Å²) in [6.07, 6.45) is 1.87. The molecule has 0 saturated carbocycles. The van der Waals surface area contributed by atoms with E-state index in [0.29, 0.717) is 12.0 Å². The number of imide groups is 1. The molecule has 2 amide bonds. The molecule has 1 aromatic rings. The van der Waals surface area contributed by atoms with Crippen molar-refractivity contribution in [3.8, 4) is 0 Å². The van der Waals surface area contributed by atoms with Crippen LogP contribution in [-0.4, -0.2) is 11.8 Å². The molecular weight excluding hydrogens is 192 g/mol. The van der Waals surface area contributed by atoms with Gasteiger partial charge in [-0.3, -0.25) is 14.9 Å². The van der Waals surface area contributed by atoms with Crippen molar-refractivity contribution in [1.29, 1.82) is 0 Å². The zero-order chi connectivity index (χ0) is 9.97. The molecule has 0 bridgehead atoms. The topological polar surface area (TPSA) is 81.2 Å². The van der Waals surface area contributed by atoms with Crippen LogP contribution in [-0.2, 0) is 16.0 Å². The lowest BCUT2D eigenvalue weighted by atomic mass is 10.1. The van der Waals surface area contributed by atoms with Crippen LogP contribution in [0.2, 0.25) is 0 Å². The highest BCUT2D eigenvalue weighted by Crippen LogP contribution is 2.10. The van der Waals surface area contributed by atoms with Crippen LogP contribution in [0.15, 0.2) is 42.0 Å². The molecule has 0 atom stereocenters. The maximum absolute atomic E-state index is 11.2. The average molecular weight is 204 g/mol. The van der Waals surface area contributed by atoms with Crippen molar-refractivity contribution in [1.82, 2.24) is 11.5 Å². The second kappa shape index (κ2) is 4.52. The van der Waals surface area contributed by atoms with Gasteiger partial charge in [-0.1, -0.05) is 30.3 Å². The van der Waals surface area contributed by atoms with E-state index in [4.69, 9.17) is 0 Å². The first kappa shape index (κ1) is 11.1. The van der Waals surface area contributed by atoms with Gasteiger partial charge in [0.05, 0.1) is 0 Å². The van der Waals surface area contributed by atoms with Crippen molar-refractivity contribution in [2.24, 2.45) is 0 Å². The normalized spacial score (nSPS) is 14.3. The zero-order valence-corrected chi connectivity index (χ0v) is 8.19. The summed E-state index contributed by atoms with van der Waals surface area (Å²) in [6.45, 7) is 0. The molecule has 0 aromatic heterocycles. The van der Waals surface area contributed by atoms with E-state index in [0.717, 1.165) is 5.56 Å². The van der Waals surface area contributed by atoms with E-state index in [1.54, 1.807) is 0 Å². The van der Waals surface area contributed by atoms with Gasteiger partial charge in [0.2, 0.25) is 0 Å². The predicted octanol–water partition coefficient (Wildman–Crippen LogP) is 0.974.